The highest BCUT2D eigenvalue weighted by atomic mass is 16.5. The number of fused-ring (bicyclic) bond motifs is 2. The fraction of sp³-hybridized carbons (Fsp3) is 0.0833. The van der Waals surface area contributed by atoms with Gasteiger partial charge in [0, 0.05) is 21.9 Å². The number of nitrogens with two attached hydrogens (primary N) is 2. The van der Waals surface area contributed by atoms with Crippen LogP contribution in [0.15, 0.2) is 48.5 Å². The molecule has 0 aromatic heterocycles. The molecule has 4 rings (SSSR count). The Morgan fingerprint density at radius 3 is 1.27 bits per heavy atom. The van der Waals surface area contributed by atoms with Gasteiger partial charge in [-0.05, 0) is 10.8 Å². The molecule has 0 atom stereocenters. The monoisotopic (exact) mass is 400 g/mol. The third-order valence-corrected chi connectivity index (χ3v) is 5.38. The summed E-state index contributed by atoms with van der Waals surface area (Å²) in [6.07, 6.45) is 1.40. The van der Waals surface area contributed by atoms with Crippen LogP contribution in [-0.2, 0) is 0 Å². The van der Waals surface area contributed by atoms with Crippen molar-refractivity contribution in [1.29, 1.82) is 0 Å². The third-order valence-electron chi connectivity index (χ3n) is 5.38. The molecule has 30 heavy (non-hydrogen) atoms. The average molecular weight is 400 g/mol. The van der Waals surface area contributed by atoms with Gasteiger partial charge in [-0.15, -0.1) is 0 Å². The van der Waals surface area contributed by atoms with Crippen LogP contribution in [0.2, 0.25) is 0 Å². The van der Waals surface area contributed by atoms with Crippen molar-refractivity contribution >= 4 is 45.5 Å². The minimum Gasteiger partial charge on any atom is -0.494 e. The fourth-order valence-electron chi connectivity index (χ4n) is 4.13. The van der Waals surface area contributed by atoms with E-state index in [2.05, 4.69) is 0 Å². The van der Waals surface area contributed by atoms with Crippen LogP contribution in [0.3, 0.4) is 0 Å². The lowest BCUT2D eigenvalue weighted by Gasteiger charge is -2.21. The summed E-state index contributed by atoms with van der Waals surface area (Å²) in [5.41, 5.74) is 15.0. The maximum absolute atomic E-state index is 12.3. The van der Waals surface area contributed by atoms with Gasteiger partial charge in [-0.1, -0.05) is 48.5 Å². The Morgan fingerprint density at radius 1 is 0.633 bits per heavy atom. The van der Waals surface area contributed by atoms with Crippen molar-refractivity contribution in [3.05, 3.63) is 59.7 Å². The van der Waals surface area contributed by atoms with Crippen LogP contribution in [0.5, 0.6) is 11.5 Å². The molecule has 4 N–H and O–H groups in total. The lowest BCUT2D eigenvalue weighted by atomic mass is 9.85. The van der Waals surface area contributed by atoms with E-state index in [1.165, 1.54) is 14.2 Å². The van der Waals surface area contributed by atoms with Crippen molar-refractivity contribution in [2.24, 2.45) is 0 Å². The van der Waals surface area contributed by atoms with Crippen LogP contribution in [-0.4, -0.2) is 26.8 Å². The predicted octanol–water partition coefficient (Wildman–Crippen LogP) is 4.47. The molecule has 6 heteroatoms. The zero-order valence-electron chi connectivity index (χ0n) is 16.6. The van der Waals surface area contributed by atoms with Crippen LogP contribution in [0.4, 0.5) is 11.4 Å². The molecule has 0 aliphatic carbocycles. The second-order valence-electron chi connectivity index (χ2n) is 6.80. The molecule has 150 valence electrons. The summed E-state index contributed by atoms with van der Waals surface area (Å²) in [5.74, 6) is 0.519. The van der Waals surface area contributed by atoms with Gasteiger partial charge in [-0.25, -0.2) is 0 Å². The van der Waals surface area contributed by atoms with Gasteiger partial charge in [0.05, 0.1) is 36.7 Å². The predicted molar refractivity (Wildman–Crippen MR) is 120 cm³/mol. The molecule has 0 aliphatic rings. The molecule has 0 fully saturated rings. The number of hydrogen-bond donors (Lipinski definition) is 2. The largest absolute Gasteiger partial charge is 0.494 e. The Labute approximate surface area is 173 Å². The molecule has 0 aliphatic heterocycles. The zero-order valence-corrected chi connectivity index (χ0v) is 16.6. The van der Waals surface area contributed by atoms with Crippen molar-refractivity contribution < 1.29 is 19.1 Å². The molecular weight excluding hydrogens is 380 g/mol. The van der Waals surface area contributed by atoms with E-state index < -0.39 is 0 Å². The number of rotatable bonds is 5. The summed E-state index contributed by atoms with van der Waals surface area (Å²) >= 11 is 0. The fourth-order valence-corrected chi connectivity index (χ4v) is 4.13. The van der Waals surface area contributed by atoms with E-state index in [0.717, 1.165) is 10.8 Å². The number of carbonyl (C=O) groups is 2. The maximum atomic E-state index is 12.3. The molecule has 0 radical (unpaired) electrons. The first-order valence-corrected chi connectivity index (χ1v) is 9.26. The standard InChI is InChI=1S/C24H20N2O4/c1-29-23-17(11-27)19(13-7-3-5-9-15(13)21(23)25)20-14-8-4-6-10-16(14)22(26)24(30-2)18(20)12-28/h3-12H,25-26H2,1-2H3. The van der Waals surface area contributed by atoms with Gasteiger partial charge in [-0.2, -0.15) is 0 Å². The van der Waals surface area contributed by atoms with Gasteiger partial charge in [0.15, 0.2) is 24.1 Å². The second-order valence-corrected chi connectivity index (χ2v) is 6.80. The molecule has 4 aromatic rings. The Bertz CT molecular complexity index is 1230. The van der Waals surface area contributed by atoms with Crippen LogP contribution >= 0.6 is 0 Å². The van der Waals surface area contributed by atoms with Crippen molar-refractivity contribution in [2.45, 2.75) is 0 Å². The number of anilines is 2. The number of ether oxygens (including phenoxy) is 2. The normalized spacial score (nSPS) is 10.9. The number of aldehydes is 2. The number of benzene rings is 4. The minimum atomic E-state index is 0.258. The SMILES string of the molecule is COc1c(C=O)c(-c2c(C=O)c(OC)c(N)c3ccccc23)c2ccccc2c1N. The molecule has 0 heterocycles. The molecule has 0 amide bonds. The molecule has 0 unspecified atom stereocenters. The second kappa shape index (κ2) is 7.40. The summed E-state index contributed by atoms with van der Waals surface area (Å²) in [4.78, 5) is 24.5. The summed E-state index contributed by atoms with van der Waals surface area (Å²) in [7, 11) is 2.92. The van der Waals surface area contributed by atoms with Crippen molar-refractivity contribution in [3.63, 3.8) is 0 Å². The Kier molecular flexibility index (Phi) is 4.75. The van der Waals surface area contributed by atoms with Crippen LogP contribution in [0.25, 0.3) is 32.7 Å². The van der Waals surface area contributed by atoms with E-state index in [0.29, 0.717) is 45.8 Å². The highest BCUT2D eigenvalue weighted by molar-refractivity contribution is 6.21. The Hall–Kier alpha value is -4.06. The summed E-state index contributed by atoms with van der Waals surface area (Å²) < 4.78 is 11.0. The third kappa shape index (κ3) is 2.58. The average Bonchev–Trinajstić information content (AvgIpc) is 2.79. The van der Waals surface area contributed by atoms with E-state index in [-0.39, 0.29) is 22.6 Å². The highest BCUT2D eigenvalue weighted by Crippen LogP contribution is 2.48. The van der Waals surface area contributed by atoms with E-state index in [9.17, 15) is 9.59 Å². The molecule has 4 aromatic carbocycles. The van der Waals surface area contributed by atoms with E-state index in [1.54, 1.807) is 0 Å². The van der Waals surface area contributed by atoms with Crippen molar-refractivity contribution in [1.82, 2.24) is 0 Å². The summed E-state index contributed by atoms with van der Waals surface area (Å²) in [6, 6.07) is 14.8. The van der Waals surface area contributed by atoms with Crippen molar-refractivity contribution in [3.8, 4) is 22.6 Å². The number of hydrogen-bond acceptors (Lipinski definition) is 6. The number of methoxy groups -OCH3 is 2. The molecule has 0 bridgehead atoms. The topological polar surface area (TPSA) is 105 Å². The summed E-state index contributed by atoms with van der Waals surface area (Å²) in [5, 5.41) is 2.87. The first kappa shape index (κ1) is 19.3. The number of carbonyl (C=O) groups excluding carboxylic acids is 2. The van der Waals surface area contributed by atoms with Gasteiger partial charge in [0.2, 0.25) is 0 Å². The summed E-state index contributed by atoms with van der Waals surface area (Å²) in [6.45, 7) is 0. The number of nitrogen functional groups attached to an aromatic ring is 2. The Morgan fingerprint density at radius 2 is 0.967 bits per heavy atom. The lowest BCUT2D eigenvalue weighted by Crippen LogP contribution is -2.05. The van der Waals surface area contributed by atoms with Crippen LogP contribution < -0.4 is 20.9 Å². The van der Waals surface area contributed by atoms with E-state index >= 15 is 0 Å². The zero-order chi connectivity index (χ0) is 21.4. The van der Waals surface area contributed by atoms with Gasteiger partial charge < -0.3 is 20.9 Å². The molecule has 0 saturated heterocycles. The van der Waals surface area contributed by atoms with Gasteiger partial charge in [-0.3, -0.25) is 9.59 Å². The minimum absolute atomic E-state index is 0.258. The molecule has 0 saturated carbocycles. The van der Waals surface area contributed by atoms with Crippen molar-refractivity contribution in [2.75, 3.05) is 25.7 Å². The first-order chi connectivity index (χ1) is 14.6. The molecular formula is C24H20N2O4. The smallest absolute Gasteiger partial charge is 0.154 e. The van der Waals surface area contributed by atoms with E-state index in [4.69, 9.17) is 20.9 Å². The van der Waals surface area contributed by atoms with Gasteiger partial charge >= 0.3 is 0 Å². The van der Waals surface area contributed by atoms with E-state index in [1.807, 2.05) is 48.5 Å². The van der Waals surface area contributed by atoms with Crippen LogP contribution in [0, 0.1) is 0 Å². The Balaban J connectivity index is 2.36. The van der Waals surface area contributed by atoms with Crippen LogP contribution in [0.1, 0.15) is 20.7 Å². The molecule has 0 spiro atoms. The lowest BCUT2D eigenvalue weighted by molar-refractivity contribution is 0.111. The highest BCUT2D eigenvalue weighted by Gasteiger charge is 2.26. The maximum Gasteiger partial charge on any atom is 0.154 e. The van der Waals surface area contributed by atoms with Gasteiger partial charge in [0.25, 0.3) is 0 Å². The quantitative estimate of drug-likeness (QED) is 0.378. The van der Waals surface area contributed by atoms with Gasteiger partial charge in [0.1, 0.15) is 0 Å². The molecule has 6 nitrogen and oxygen atoms in total. The first-order valence-electron chi connectivity index (χ1n) is 9.26.